The van der Waals surface area contributed by atoms with Crippen LogP contribution in [0.3, 0.4) is 0 Å². The van der Waals surface area contributed by atoms with Gasteiger partial charge in [-0.15, -0.1) is 0 Å². The van der Waals surface area contributed by atoms with Crippen molar-refractivity contribution in [1.29, 1.82) is 0 Å². The lowest BCUT2D eigenvalue weighted by Crippen LogP contribution is -2.35. The third-order valence-electron chi connectivity index (χ3n) is 3.45. The van der Waals surface area contributed by atoms with Crippen LogP contribution in [0, 0.1) is 5.41 Å². The van der Waals surface area contributed by atoms with E-state index in [1.807, 2.05) is 0 Å². The number of hydrogen-bond donors (Lipinski definition) is 2. The quantitative estimate of drug-likeness (QED) is 0.615. The van der Waals surface area contributed by atoms with Crippen molar-refractivity contribution in [3.05, 3.63) is 0 Å². The number of carboxylic acids is 1. The fraction of sp³-hybridized carbons (Fsp3) is 0.889. The van der Waals surface area contributed by atoms with Crippen molar-refractivity contribution < 1.29 is 9.90 Å². The van der Waals surface area contributed by atoms with Gasteiger partial charge in [0.2, 0.25) is 0 Å². The van der Waals surface area contributed by atoms with Crippen LogP contribution >= 0.6 is 0 Å². The maximum atomic E-state index is 10.7. The first-order valence-electron chi connectivity index (χ1n) is 4.61. The summed E-state index contributed by atoms with van der Waals surface area (Å²) in [6.07, 6.45) is 4.40. The molecule has 0 aromatic heterocycles. The van der Waals surface area contributed by atoms with Gasteiger partial charge in [0.15, 0.2) is 0 Å². The summed E-state index contributed by atoms with van der Waals surface area (Å²) in [6.45, 7) is 2.21. The summed E-state index contributed by atoms with van der Waals surface area (Å²) in [5, 5.41) is 12.0. The largest absolute Gasteiger partial charge is 0.480 e. The van der Waals surface area contributed by atoms with Crippen LogP contribution in [0.1, 0.15) is 32.6 Å². The molecule has 68 valence electrons. The Kier molecular flexibility index (Phi) is 1.65. The first-order valence-corrected chi connectivity index (χ1v) is 4.61. The molecule has 0 unspecified atom stereocenters. The molecule has 0 aromatic carbocycles. The molecule has 2 fully saturated rings. The normalized spacial score (nSPS) is 46.1. The van der Waals surface area contributed by atoms with Crippen molar-refractivity contribution >= 4 is 5.97 Å². The number of carbonyl (C=O) groups is 1. The fourth-order valence-electron chi connectivity index (χ4n) is 2.69. The Hall–Kier alpha value is -0.570. The highest BCUT2D eigenvalue weighted by molar-refractivity contribution is 5.74. The molecule has 2 aliphatic rings. The van der Waals surface area contributed by atoms with Crippen LogP contribution in [-0.2, 0) is 4.79 Å². The number of hydrogen-bond acceptors (Lipinski definition) is 2. The number of nitrogens with one attached hydrogen (secondary N) is 1. The highest BCUT2D eigenvalue weighted by Crippen LogP contribution is 2.45. The Balaban J connectivity index is 2.11. The van der Waals surface area contributed by atoms with Gasteiger partial charge in [-0.25, -0.2) is 0 Å². The topological polar surface area (TPSA) is 49.3 Å². The van der Waals surface area contributed by atoms with Gasteiger partial charge in [-0.1, -0.05) is 13.3 Å². The Labute approximate surface area is 72.2 Å². The van der Waals surface area contributed by atoms with Gasteiger partial charge in [0.25, 0.3) is 0 Å². The number of fused-ring (bicyclic) bond motifs is 1. The van der Waals surface area contributed by atoms with Gasteiger partial charge in [0.05, 0.1) is 0 Å². The van der Waals surface area contributed by atoms with Gasteiger partial charge < -0.3 is 10.4 Å². The van der Waals surface area contributed by atoms with Crippen molar-refractivity contribution in [2.45, 2.75) is 44.7 Å². The molecule has 1 aliphatic heterocycles. The predicted octanol–water partition coefficient (Wildman–Crippen LogP) is 0.992. The van der Waals surface area contributed by atoms with Crippen LogP contribution in [0.4, 0.5) is 0 Å². The van der Waals surface area contributed by atoms with Crippen molar-refractivity contribution in [3.63, 3.8) is 0 Å². The molecule has 0 bridgehead atoms. The molecule has 3 atom stereocenters. The monoisotopic (exact) mass is 169 g/mol. The molecule has 3 nitrogen and oxygen atoms in total. The van der Waals surface area contributed by atoms with Gasteiger partial charge in [-0.05, 0) is 24.7 Å². The molecule has 0 spiro atoms. The Morgan fingerprint density at radius 1 is 1.67 bits per heavy atom. The van der Waals surface area contributed by atoms with E-state index < -0.39 is 5.97 Å². The summed E-state index contributed by atoms with van der Waals surface area (Å²) in [5.74, 6) is -0.689. The molecule has 2 N–H and O–H groups in total. The zero-order chi connectivity index (χ0) is 8.77. The average Bonchev–Trinajstić information content (AvgIpc) is 2.41. The molecule has 1 saturated carbocycles. The van der Waals surface area contributed by atoms with Crippen molar-refractivity contribution in [2.75, 3.05) is 0 Å². The van der Waals surface area contributed by atoms with E-state index in [0.29, 0.717) is 6.04 Å². The molecule has 0 radical (unpaired) electrons. The van der Waals surface area contributed by atoms with E-state index in [1.54, 1.807) is 0 Å². The highest BCUT2D eigenvalue weighted by atomic mass is 16.4. The van der Waals surface area contributed by atoms with Crippen molar-refractivity contribution in [2.24, 2.45) is 5.41 Å². The molecule has 0 aromatic rings. The minimum atomic E-state index is -0.689. The van der Waals surface area contributed by atoms with Crippen LogP contribution in [0.5, 0.6) is 0 Å². The summed E-state index contributed by atoms with van der Waals surface area (Å²) >= 11 is 0. The Morgan fingerprint density at radius 2 is 2.42 bits per heavy atom. The molecule has 0 amide bonds. The van der Waals surface area contributed by atoms with Crippen molar-refractivity contribution in [1.82, 2.24) is 5.32 Å². The maximum absolute atomic E-state index is 10.7. The molecule has 2 rings (SSSR count). The summed E-state index contributed by atoms with van der Waals surface area (Å²) in [6, 6.07) is 0.166. The SMILES string of the molecule is C[C@@]12CCC[C@@H]1N[C@H](C(=O)O)C2. The lowest BCUT2D eigenvalue weighted by Gasteiger charge is -2.21. The molecular formula is C9H15NO2. The van der Waals surface area contributed by atoms with Gasteiger partial charge in [0, 0.05) is 6.04 Å². The van der Waals surface area contributed by atoms with Gasteiger partial charge in [-0.2, -0.15) is 0 Å². The lowest BCUT2D eigenvalue weighted by molar-refractivity contribution is -0.139. The third-order valence-corrected chi connectivity index (χ3v) is 3.45. The van der Waals surface area contributed by atoms with E-state index in [9.17, 15) is 4.79 Å². The van der Waals surface area contributed by atoms with E-state index in [4.69, 9.17) is 5.11 Å². The smallest absolute Gasteiger partial charge is 0.320 e. The maximum Gasteiger partial charge on any atom is 0.320 e. The summed E-state index contributed by atoms with van der Waals surface area (Å²) in [7, 11) is 0. The molecule has 1 heterocycles. The Morgan fingerprint density at radius 3 is 3.00 bits per heavy atom. The molecular weight excluding hydrogens is 154 g/mol. The zero-order valence-electron chi connectivity index (χ0n) is 7.34. The molecule has 1 aliphatic carbocycles. The molecule has 3 heteroatoms. The standard InChI is InChI=1S/C9H15NO2/c1-9-4-2-3-7(9)10-6(5-9)8(11)12/h6-7,10H,2-5H2,1H3,(H,11,12)/t6-,7-,9-/m0/s1. The summed E-state index contributed by atoms with van der Waals surface area (Å²) in [5.41, 5.74) is 0.267. The van der Waals surface area contributed by atoms with E-state index >= 15 is 0 Å². The molecule has 1 saturated heterocycles. The first kappa shape index (κ1) is 8.05. The second kappa shape index (κ2) is 2.46. The number of carboxylic acid groups (broad SMARTS) is 1. The van der Waals surface area contributed by atoms with Crippen LogP contribution in [0.15, 0.2) is 0 Å². The van der Waals surface area contributed by atoms with Gasteiger partial charge in [0.1, 0.15) is 6.04 Å². The van der Waals surface area contributed by atoms with Crippen LogP contribution < -0.4 is 5.32 Å². The number of rotatable bonds is 1. The number of aliphatic carboxylic acids is 1. The van der Waals surface area contributed by atoms with Crippen LogP contribution in [0.25, 0.3) is 0 Å². The second-order valence-electron chi connectivity index (χ2n) is 4.36. The van der Waals surface area contributed by atoms with Crippen LogP contribution in [-0.4, -0.2) is 23.2 Å². The highest BCUT2D eigenvalue weighted by Gasteiger charge is 2.48. The fourth-order valence-corrected chi connectivity index (χ4v) is 2.69. The predicted molar refractivity (Wildman–Crippen MR) is 44.9 cm³/mol. The van der Waals surface area contributed by atoms with Crippen molar-refractivity contribution in [3.8, 4) is 0 Å². The van der Waals surface area contributed by atoms with Gasteiger partial charge >= 0.3 is 5.97 Å². The van der Waals surface area contributed by atoms with E-state index in [1.165, 1.54) is 12.8 Å². The second-order valence-corrected chi connectivity index (χ2v) is 4.36. The van der Waals surface area contributed by atoms with Gasteiger partial charge in [-0.3, -0.25) is 4.79 Å². The Bertz CT molecular complexity index is 217. The van der Waals surface area contributed by atoms with E-state index in [-0.39, 0.29) is 11.5 Å². The summed E-state index contributed by atoms with van der Waals surface area (Å²) in [4.78, 5) is 10.7. The third kappa shape index (κ3) is 1.04. The lowest BCUT2D eigenvalue weighted by atomic mass is 9.84. The van der Waals surface area contributed by atoms with E-state index in [0.717, 1.165) is 12.8 Å². The summed E-state index contributed by atoms with van der Waals surface area (Å²) < 4.78 is 0. The average molecular weight is 169 g/mol. The minimum absolute atomic E-state index is 0.267. The molecule has 12 heavy (non-hydrogen) atoms. The van der Waals surface area contributed by atoms with E-state index in [2.05, 4.69) is 12.2 Å². The van der Waals surface area contributed by atoms with Crippen LogP contribution in [0.2, 0.25) is 0 Å². The zero-order valence-corrected chi connectivity index (χ0v) is 7.34. The first-order chi connectivity index (χ1) is 5.62. The minimum Gasteiger partial charge on any atom is -0.480 e.